The summed E-state index contributed by atoms with van der Waals surface area (Å²) in [6.07, 6.45) is 6.18. The third kappa shape index (κ3) is 2.21. The van der Waals surface area contributed by atoms with E-state index in [1.807, 2.05) is 17.8 Å². The van der Waals surface area contributed by atoms with Crippen molar-refractivity contribution in [1.82, 2.24) is 14.9 Å². The first-order chi connectivity index (χ1) is 7.15. The molecule has 1 fully saturated rings. The average Bonchev–Trinajstić information content (AvgIpc) is 3.01. The van der Waals surface area contributed by atoms with Crippen LogP contribution in [0.15, 0.2) is 12.4 Å². The predicted octanol–water partition coefficient (Wildman–Crippen LogP) is 0.671. The number of rotatable bonds is 5. The second kappa shape index (κ2) is 3.94. The van der Waals surface area contributed by atoms with Gasteiger partial charge < -0.3 is 15.0 Å². The number of imidazole rings is 1. The first kappa shape index (κ1) is 10.6. The Balaban J connectivity index is 1.94. The minimum atomic E-state index is -0.133. The molecule has 0 amide bonds. The second-order valence-corrected chi connectivity index (χ2v) is 4.66. The van der Waals surface area contributed by atoms with E-state index in [0.717, 1.165) is 12.4 Å². The maximum absolute atomic E-state index is 9.40. The van der Waals surface area contributed by atoms with Crippen molar-refractivity contribution in [3.05, 3.63) is 18.2 Å². The van der Waals surface area contributed by atoms with Crippen LogP contribution < -0.4 is 5.32 Å². The van der Waals surface area contributed by atoms with Gasteiger partial charge in [0.2, 0.25) is 0 Å². The van der Waals surface area contributed by atoms with Crippen LogP contribution in [0.3, 0.4) is 0 Å². The third-order valence-electron chi connectivity index (χ3n) is 3.38. The largest absolute Gasteiger partial charge is 0.394 e. The van der Waals surface area contributed by atoms with Crippen molar-refractivity contribution in [2.75, 3.05) is 6.61 Å². The van der Waals surface area contributed by atoms with Crippen LogP contribution >= 0.6 is 0 Å². The summed E-state index contributed by atoms with van der Waals surface area (Å²) in [5.74, 6) is 1.64. The molecule has 0 aromatic carbocycles. The lowest BCUT2D eigenvalue weighted by Gasteiger charge is -2.28. The van der Waals surface area contributed by atoms with Crippen LogP contribution in [0.5, 0.6) is 0 Å². The molecule has 2 rings (SSSR count). The Labute approximate surface area is 90.3 Å². The van der Waals surface area contributed by atoms with Crippen LogP contribution in [0.2, 0.25) is 0 Å². The Kier molecular flexibility index (Phi) is 2.80. The maximum atomic E-state index is 9.40. The van der Waals surface area contributed by atoms with Gasteiger partial charge in [0.25, 0.3) is 0 Å². The van der Waals surface area contributed by atoms with Crippen molar-refractivity contribution in [1.29, 1.82) is 0 Å². The minimum Gasteiger partial charge on any atom is -0.394 e. The molecule has 0 bridgehead atoms. The molecule has 0 aliphatic heterocycles. The number of aromatic nitrogens is 2. The summed E-state index contributed by atoms with van der Waals surface area (Å²) < 4.78 is 2.00. The molecule has 84 valence electrons. The zero-order valence-corrected chi connectivity index (χ0v) is 9.40. The highest BCUT2D eigenvalue weighted by Gasteiger charge is 2.40. The van der Waals surface area contributed by atoms with Gasteiger partial charge in [0, 0.05) is 25.0 Å². The number of aryl methyl sites for hydroxylation is 1. The predicted molar refractivity (Wildman–Crippen MR) is 58.3 cm³/mol. The molecule has 2 N–H and O–H groups in total. The van der Waals surface area contributed by atoms with Crippen molar-refractivity contribution in [2.45, 2.75) is 31.8 Å². The van der Waals surface area contributed by atoms with Gasteiger partial charge in [0.15, 0.2) is 0 Å². The van der Waals surface area contributed by atoms with E-state index < -0.39 is 0 Å². The number of aliphatic hydroxyl groups is 1. The Hall–Kier alpha value is -0.870. The van der Waals surface area contributed by atoms with Gasteiger partial charge in [-0.25, -0.2) is 4.98 Å². The lowest BCUT2D eigenvalue weighted by Crippen LogP contribution is -2.47. The Morgan fingerprint density at radius 1 is 1.67 bits per heavy atom. The SMILES string of the molecule is Cn1ccnc1CNC(C)(CO)C1CC1. The first-order valence-corrected chi connectivity index (χ1v) is 5.48. The maximum Gasteiger partial charge on any atom is 0.122 e. The molecule has 1 aliphatic carbocycles. The summed E-state index contributed by atoms with van der Waals surface area (Å²) in [5, 5.41) is 12.8. The molecule has 4 heteroatoms. The van der Waals surface area contributed by atoms with Gasteiger partial charge in [-0.2, -0.15) is 0 Å². The Morgan fingerprint density at radius 2 is 2.40 bits per heavy atom. The number of hydrogen-bond acceptors (Lipinski definition) is 3. The fourth-order valence-electron chi connectivity index (χ4n) is 1.90. The first-order valence-electron chi connectivity index (χ1n) is 5.48. The van der Waals surface area contributed by atoms with Crippen molar-refractivity contribution in [3.8, 4) is 0 Å². The van der Waals surface area contributed by atoms with Gasteiger partial charge in [0.1, 0.15) is 5.82 Å². The quantitative estimate of drug-likeness (QED) is 0.749. The van der Waals surface area contributed by atoms with Crippen LogP contribution in [0.4, 0.5) is 0 Å². The van der Waals surface area contributed by atoms with Crippen LogP contribution in [0.25, 0.3) is 0 Å². The zero-order chi connectivity index (χ0) is 10.9. The summed E-state index contributed by atoms with van der Waals surface area (Å²) >= 11 is 0. The number of nitrogens with zero attached hydrogens (tertiary/aromatic N) is 2. The number of nitrogens with one attached hydrogen (secondary N) is 1. The average molecular weight is 209 g/mol. The smallest absolute Gasteiger partial charge is 0.122 e. The number of hydrogen-bond donors (Lipinski definition) is 2. The highest BCUT2D eigenvalue weighted by molar-refractivity contribution is 5.00. The third-order valence-corrected chi connectivity index (χ3v) is 3.38. The molecule has 4 nitrogen and oxygen atoms in total. The van der Waals surface area contributed by atoms with E-state index in [2.05, 4.69) is 17.2 Å². The second-order valence-electron chi connectivity index (χ2n) is 4.66. The highest BCUT2D eigenvalue weighted by Crippen LogP contribution is 2.39. The van der Waals surface area contributed by atoms with Crippen molar-refractivity contribution < 1.29 is 5.11 Å². The van der Waals surface area contributed by atoms with Crippen molar-refractivity contribution in [3.63, 3.8) is 0 Å². The molecule has 1 aliphatic rings. The Morgan fingerprint density at radius 3 is 2.87 bits per heavy atom. The summed E-state index contributed by atoms with van der Waals surface area (Å²) in [5.41, 5.74) is -0.133. The van der Waals surface area contributed by atoms with Gasteiger partial charge in [-0.05, 0) is 25.7 Å². The minimum absolute atomic E-state index is 0.133. The van der Waals surface area contributed by atoms with Gasteiger partial charge >= 0.3 is 0 Å². The van der Waals surface area contributed by atoms with E-state index in [4.69, 9.17) is 0 Å². The zero-order valence-electron chi connectivity index (χ0n) is 9.40. The van der Waals surface area contributed by atoms with Gasteiger partial charge in [-0.3, -0.25) is 0 Å². The van der Waals surface area contributed by atoms with E-state index in [1.54, 1.807) is 6.20 Å². The molecule has 1 atom stereocenters. The van der Waals surface area contributed by atoms with Gasteiger partial charge in [-0.15, -0.1) is 0 Å². The topological polar surface area (TPSA) is 50.1 Å². The van der Waals surface area contributed by atoms with Crippen LogP contribution in [0, 0.1) is 5.92 Å². The van der Waals surface area contributed by atoms with E-state index in [0.29, 0.717) is 5.92 Å². The van der Waals surface area contributed by atoms with Crippen LogP contribution in [-0.4, -0.2) is 26.8 Å². The monoisotopic (exact) mass is 209 g/mol. The van der Waals surface area contributed by atoms with E-state index >= 15 is 0 Å². The molecular weight excluding hydrogens is 190 g/mol. The molecule has 0 saturated heterocycles. The summed E-state index contributed by atoms with van der Waals surface area (Å²) in [6.45, 7) is 3.01. The summed E-state index contributed by atoms with van der Waals surface area (Å²) in [4.78, 5) is 4.25. The number of aliphatic hydroxyl groups excluding tert-OH is 1. The lowest BCUT2D eigenvalue weighted by molar-refractivity contribution is 0.152. The molecule has 15 heavy (non-hydrogen) atoms. The molecule has 1 aromatic heterocycles. The van der Waals surface area contributed by atoms with E-state index in [-0.39, 0.29) is 12.1 Å². The molecule has 1 unspecified atom stereocenters. The van der Waals surface area contributed by atoms with E-state index in [9.17, 15) is 5.11 Å². The highest BCUT2D eigenvalue weighted by atomic mass is 16.3. The van der Waals surface area contributed by atoms with E-state index in [1.165, 1.54) is 12.8 Å². The van der Waals surface area contributed by atoms with Crippen LogP contribution in [0.1, 0.15) is 25.6 Å². The fraction of sp³-hybridized carbons (Fsp3) is 0.727. The van der Waals surface area contributed by atoms with Crippen molar-refractivity contribution in [2.24, 2.45) is 13.0 Å². The molecule has 1 heterocycles. The fourth-order valence-corrected chi connectivity index (χ4v) is 1.90. The van der Waals surface area contributed by atoms with Gasteiger partial charge in [0.05, 0.1) is 13.2 Å². The van der Waals surface area contributed by atoms with Crippen molar-refractivity contribution >= 4 is 0 Å². The summed E-state index contributed by atoms with van der Waals surface area (Å²) in [6, 6.07) is 0. The Bertz CT molecular complexity index is 332. The molecule has 1 aromatic rings. The normalized spacial score (nSPS) is 20.2. The molecule has 1 saturated carbocycles. The van der Waals surface area contributed by atoms with Gasteiger partial charge in [-0.1, -0.05) is 0 Å². The summed E-state index contributed by atoms with van der Waals surface area (Å²) in [7, 11) is 1.98. The lowest BCUT2D eigenvalue weighted by atomic mass is 9.97. The standard InChI is InChI=1S/C11H19N3O/c1-11(8-15,9-3-4-9)13-7-10-12-5-6-14(10)2/h5-6,9,13,15H,3-4,7-8H2,1-2H3. The molecule has 0 spiro atoms. The molecule has 0 radical (unpaired) electrons. The molecular formula is C11H19N3O. The van der Waals surface area contributed by atoms with Crippen LogP contribution in [-0.2, 0) is 13.6 Å².